The Hall–Kier alpha value is -7.48. The van der Waals surface area contributed by atoms with Gasteiger partial charge in [0.1, 0.15) is 0 Å². The summed E-state index contributed by atoms with van der Waals surface area (Å²) in [7, 11) is 0. The number of benzene rings is 8. The Morgan fingerprint density at radius 2 is 0.831 bits per heavy atom. The molecule has 1 unspecified atom stereocenters. The predicted octanol–water partition coefficient (Wildman–Crippen LogP) is 15.9. The molecule has 0 aromatic heterocycles. The number of para-hydroxylation sites is 1. The third-order valence-electron chi connectivity index (χ3n) is 11.6. The third kappa shape index (κ3) is 7.55. The van der Waals surface area contributed by atoms with Crippen molar-refractivity contribution in [3.05, 3.63) is 254 Å². The lowest BCUT2D eigenvalue weighted by atomic mass is 9.82. The highest BCUT2D eigenvalue weighted by molar-refractivity contribution is 5.90. The van der Waals surface area contributed by atoms with E-state index in [9.17, 15) is 0 Å². The molecule has 0 amide bonds. The monoisotopic (exact) mass is 753 g/mol. The second kappa shape index (κ2) is 16.2. The molecule has 10 rings (SSSR count). The van der Waals surface area contributed by atoms with E-state index < -0.39 is 0 Å². The van der Waals surface area contributed by atoms with Gasteiger partial charge in [-0.3, -0.25) is 0 Å². The number of nitrogens with zero attached hydrogens (tertiary/aromatic N) is 1. The summed E-state index contributed by atoms with van der Waals surface area (Å²) >= 11 is 0. The zero-order valence-corrected chi connectivity index (χ0v) is 32.8. The van der Waals surface area contributed by atoms with Crippen molar-refractivity contribution in [3.63, 3.8) is 0 Å². The molecule has 0 saturated carbocycles. The lowest BCUT2D eigenvalue weighted by molar-refractivity contribution is 0.793. The van der Waals surface area contributed by atoms with Crippen LogP contribution in [0.25, 0.3) is 61.2 Å². The summed E-state index contributed by atoms with van der Waals surface area (Å²) in [4.78, 5) is 2.39. The minimum absolute atomic E-state index is 0.452. The molecule has 8 aromatic carbocycles. The molecule has 8 aromatic rings. The largest absolute Gasteiger partial charge is 0.310 e. The van der Waals surface area contributed by atoms with Gasteiger partial charge in [-0.1, -0.05) is 188 Å². The summed E-state index contributed by atoms with van der Waals surface area (Å²) in [5.41, 5.74) is 19.3. The normalized spacial score (nSPS) is 14.3. The fourth-order valence-corrected chi connectivity index (χ4v) is 8.53. The van der Waals surface area contributed by atoms with Gasteiger partial charge in [0.25, 0.3) is 0 Å². The predicted molar refractivity (Wildman–Crippen MR) is 251 cm³/mol. The van der Waals surface area contributed by atoms with E-state index in [4.69, 9.17) is 0 Å². The van der Waals surface area contributed by atoms with Gasteiger partial charge in [0.05, 0.1) is 5.69 Å². The van der Waals surface area contributed by atoms with Gasteiger partial charge in [0.2, 0.25) is 0 Å². The number of hydrogen-bond acceptors (Lipinski definition) is 1. The Morgan fingerprint density at radius 3 is 1.44 bits per heavy atom. The molecular formula is C58H43N. The molecule has 0 fully saturated rings. The first-order valence-electron chi connectivity index (χ1n) is 20.5. The highest BCUT2D eigenvalue weighted by atomic mass is 15.1. The molecule has 2 aliphatic rings. The van der Waals surface area contributed by atoms with Crippen LogP contribution in [0.2, 0.25) is 0 Å². The minimum Gasteiger partial charge on any atom is -0.310 e. The molecule has 0 bridgehead atoms. The van der Waals surface area contributed by atoms with Crippen LogP contribution in [0, 0.1) is 5.92 Å². The number of hydrogen-bond donors (Lipinski definition) is 0. The van der Waals surface area contributed by atoms with Crippen LogP contribution in [0.4, 0.5) is 17.1 Å². The highest BCUT2D eigenvalue weighted by Crippen LogP contribution is 2.43. The first-order chi connectivity index (χ1) is 29.2. The second-order valence-electron chi connectivity index (χ2n) is 15.3. The van der Waals surface area contributed by atoms with Crippen LogP contribution in [0.15, 0.2) is 248 Å². The maximum absolute atomic E-state index is 2.39. The maximum atomic E-state index is 2.39. The van der Waals surface area contributed by atoms with Crippen LogP contribution in [-0.4, -0.2) is 0 Å². The Kier molecular flexibility index (Phi) is 9.84. The second-order valence-corrected chi connectivity index (χ2v) is 15.3. The van der Waals surface area contributed by atoms with Crippen LogP contribution >= 0.6 is 0 Å². The molecule has 1 atom stereocenters. The van der Waals surface area contributed by atoms with Crippen LogP contribution in [0.1, 0.15) is 12.0 Å². The van der Waals surface area contributed by atoms with Crippen molar-refractivity contribution >= 4 is 22.6 Å². The molecule has 59 heavy (non-hydrogen) atoms. The SMILES string of the molecule is C1=CC2=CC=C(c3cccc(-c4ccc(N(c5ccc(-c6cc(-c7ccccc7)cc(-c7ccccc7)c6)cc5)c5ccccc5-c5ccccc5)cc4)c3)CC2C=C1. The minimum atomic E-state index is 0.452. The van der Waals surface area contributed by atoms with Gasteiger partial charge >= 0.3 is 0 Å². The van der Waals surface area contributed by atoms with E-state index in [0.29, 0.717) is 5.92 Å². The Balaban J connectivity index is 1.03. The number of rotatable bonds is 9. The fraction of sp³-hybridized carbons (Fsp3) is 0.0345. The van der Waals surface area contributed by atoms with Gasteiger partial charge in [-0.05, 0) is 128 Å². The first-order valence-corrected chi connectivity index (χ1v) is 20.5. The summed E-state index contributed by atoms with van der Waals surface area (Å²) in [6.07, 6.45) is 14.5. The first kappa shape index (κ1) is 35.9. The summed E-state index contributed by atoms with van der Waals surface area (Å²) in [6.45, 7) is 0. The summed E-state index contributed by atoms with van der Waals surface area (Å²) in [5, 5.41) is 0. The van der Waals surface area contributed by atoms with Gasteiger partial charge in [0, 0.05) is 22.9 Å². The Bertz CT molecular complexity index is 2800. The van der Waals surface area contributed by atoms with E-state index in [2.05, 4.69) is 248 Å². The molecule has 1 nitrogen and oxygen atoms in total. The topological polar surface area (TPSA) is 3.24 Å². The molecule has 0 N–H and O–H groups in total. The van der Waals surface area contributed by atoms with Gasteiger partial charge in [0.15, 0.2) is 0 Å². The van der Waals surface area contributed by atoms with Crippen LogP contribution in [0.5, 0.6) is 0 Å². The van der Waals surface area contributed by atoms with Crippen molar-refractivity contribution in [2.24, 2.45) is 5.92 Å². The van der Waals surface area contributed by atoms with Crippen LogP contribution in [0.3, 0.4) is 0 Å². The molecule has 0 spiro atoms. The Morgan fingerprint density at radius 1 is 0.356 bits per heavy atom. The summed E-state index contributed by atoms with van der Waals surface area (Å²) in [5.74, 6) is 0.452. The summed E-state index contributed by atoms with van der Waals surface area (Å²) in [6, 6.07) is 74.8. The van der Waals surface area contributed by atoms with E-state index in [1.54, 1.807) is 0 Å². The van der Waals surface area contributed by atoms with Crippen molar-refractivity contribution in [2.45, 2.75) is 6.42 Å². The van der Waals surface area contributed by atoms with Crippen molar-refractivity contribution in [2.75, 3.05) is 4.90 Å². The number of anilines is 3. The molecule has 0 heterocycles. The van der Waals surface area contributed by atoms with Gasteiger partial charge in [-0.2, -0.15) is 0 Å². The molecular weight excluding hydrogens is 711 g/mol. The lowest BCUT2D eigenvalue weighted by Gasteiger charge is -2.28. The molecule has 0 aliphatic heterocycles. The van der Waals surface area contributed by atoms with E-state index >= 15 is 0 Å². The average molecular weight is 754 g/mol. The van der Waals surface area contributed by atoms with Crippen molar-refractivity contribution in [1.82, 2.24) is 0 Å². The Labute approximate surface area is 347 Å². The van der Waals surface area contributed by atoms with E-state index in [1.165, 1.54) is 72.3 Å². The maximum Gasteiger partial charge on any atom is 0.0540 e. The van der Waals surface area contributed by atoms with Crippen molar-refractivity contribution < 1.29 is 0 Å². The zero-order valence-electron chi connectivity index (χ0n) is 32.8. The van der Waals surface area contributed by atoms with Crippen molar-refractivity contribution in [3.8, 4) is 55.6 Å². The standard InChI is InChI=1S/C58H43N/c1-4-15-42(16-5-1)52-39-53(43-17-6-2-7-18-43)41-54(40-52)46-31-35-56(36-32-46)59(58-26-13-12-25-57(58)47-20-8-3-9-21-47)55-33-29-45(30-34-55)49-23-14-24-50(37-49)51-28-27-44-19-10-11-22-48(44)38-51/h1-37,39-41,48H,38H2. The molecule has 2 aliphatic carbocycles. The third-order valence-corrected chi connectivity index (χ3v) is 11.6. The quantitative estimate of drug-likeness (QED) is 0.142. The molecule has 0 radical (unpaired) electrons. The number of fused-ring (bicyclic) bond motifs is 1. The van der Waals surface area contributed by atoms with Crippen molar-refractivity contribution in [1.29, 1.82) is 0 Å². The smallest absolute Gasteiger partial charge is 0.0540 e. The van der Waals surface area contributed by atoms with Crippen LogP contribution < -0.4 is 4.90 Å². The highest BCUT2D eigenvalue weighted by Gasteiger charge is 2.20. The van der Waals surface area contributed by atoms with E-state index in [0.717, 1.165) is 23.5 Å². The van der Waals surface area contributed by atoms with Gasteiger partial charge in [-0.15, -0.1) is 0 Å². The fourth-order valence-electron chi connectivity index (χ4n) is 8.53. The molecule has 280 valence electrons. The molecule has 0 saturated heterocycles. The zero-order chi connectivity index (χ0) is 39.4. The van der Waals surface area contributed by atoms with Crippen LogP contribution in [-0.2, 0) is 0 Å². The number of allylic oxidation sites excluding steroid dienone is 8. The lowest BCUT2D eigenvalue weighted by Crippen LogP contribution is -2.11. The summed E-state index contributed by atoms with van der Waals surface area (Å²) < 4.78 is 0. The average Bonchev–Trinajstić information content (AvgIpc) is 3.33. The van der Waals surface area contributed by atoms with E-state index in [-0.39, 0.29) is 0 Å². The van der Waals surface area contributed by atoms with Gasteiger partial charge < -0.3 is 4.90 Å². The molecule has 1 heteroatoms. The van der Waals surface area contributed by atoms with E-state index in [1.807, 2.05) is 0 Å². The van der Waals surface area contributed by atoms with Gasteiger partial charge in [-0.25, -0.2) is 0 Å².